The summed E-state index contributed by atoms with van der Waals surface area (Å²) in [7, 11) is 0. The number of hydrogen-bond donors (Lipinski definition) is 1. The summed E-state index contributed by atoms with van der Waals surface area (Å²) in [6, 6.07) is 4.93. The molecule has 2 unspecified atom stereocenters. The van der Waals surface area contributed by atoms with E-state index in [1.54, 1.807) is 17.0 Å². The second-order valence-electron chi connectivity index (χ2n) is 5.81. The van der Waals surface area contributed by atoms with Crippen molar-refractivity contribution < 1.29 is 19.4 Å². The van der Waals surface area contributed by atoms with Crippen LogP contribution in [0.1, 0.15) is 36.5 Å². The first-order valence-electron chi connectivity index (χ1n) is 7.40. The van der Waals surface area contributed by atoms with Crippen LogP contribution in [0.5, 0.6) is 5.75 Å². The standard InChI is InChI=1S/C16H19NO4/c1-10-4-2-5-11(10)15(18)17-8-9-21-14-12(16(19)20)6-3-7-13(14)17/h3,6-7,10-11H,2,4-5,8-9H2,1H3,(H,19,20). The van der Waals surface area contributed by atoms with E-state index in [2.05, 4.69) is 6.92 Å². The van der Waals surface area contributed by atoms with Crippen molar-refractivity contribution in [2.45, 2.75) is 26.2 Å². The zero-order valence-corrected chi connectivity index (χ0v) is 12.0. The topological polar surface area (TPSA) is 66.8 Å². The van der Waals surface area contributed by atoms with Crippen molar-refractivity contribution >= 4 is 17.6 Å². The third-order valence-corrected chi connectivity index (χ3v) is 4.52. The second kappa shape index (κ2) is 5.39. The van der Waals surface area contributed by atoms with Crippen LogP contribution in [0, 0.1) is 11.8 Å². The molecule has 2 atom stereocenters. The molecule has 1 amide bonds. The van der Waals surface area contributed by atoms with Crippen molar-refractivity contribution in [1.29, 1.82) is 0 Å². The van der Waals surface area contributed by atoms with E-state index < -0.39 is 5.97 Å². The minimum atomic E-state index is -1.03. The highest BCUT2D eigenvalue weighted by atomic mass is 16.5. The van der Waals surface area contributed by atoms with Crippen LogP contribution in [0.25, 0.3) is 0 Å². The van der Waals surface area contributed by atoms with Gasteiger partial charge >= 0.3 is 5.97 Å². The van der Waals surface area contributed by atoms with Crippen molar-refractivity contribution in [2.75, 3.05) is 18.1 Å². The largest absolute Gasteiger partial charge is 0.489 e. The Kier molecular flexibility index (Phi) is 3.57. The lowest BCUT2D eigenvalue weighted by atomic mass is 9.96. The third-order valence-electron chi connectivity index (χ3n) is 4.52. The van der Waals surface area contributed by atoms with Crippen molar-refractivity contribution in [3.8, 4) is 5.75 Å². The highest BCUT2D eigenvalue weighted by molar-refractivity contribution is 6.01. The molecule has 1 heterocycles. The molecule has 5 heteroatoms. The first-order valence-corrected chi connectivity index (χ1v) is 7.40. The Labute approximate surface area is 123 Å². The Morgan fingerprint density at radius 1 is 1.33 bits per heavy atom. The van der Waals surface area contributed by atoms with Gasteiger partial charge in [0.2, 0.25) is 5.91 Å². The van der Waals surface area contributed by atoms with E-state index in [-0.39, 0.29) is 17.4 Å². The molecule has 112 valence electrons. The van der Waals surface area contributed by atoms with Gasteiger partial charge in [-0.1, -0.05) is 19.4 Å². The van der Waals surface area contributed by atoms with E-state index in [9.17, 15) is 14.7 Å². The van der Waals surface area contributed by atoms with E-state index in [1.807, 2.05) is 0 Å². The number of carbonyl (C=O) groups excluding carboxylic acids is 1. The molecule has 0 radical (unpaired) electrons. The number of fused-ring (bicyclic) bond motifs is 1. The van der Waals surface area contributed by atoms with E-state index in [4.69, 9.17) is 4.74 Å². The molecule has 1 saturated carbocycles. The molecule has 3 rings (SSSR count). The molecule has 21 heavy (non-hydrogen) atoms. The molecule has 0 spiro atoms. The summed E-state index contributed by atoms with van der Waals surface area (Å²) < 4.78 is 5.51. The lowest BCUT2D eigenvalue weighted by Gasteiger charge is -2.33. The smallest absolute Gasteiger partial charge is 0.339 e. The number of para-hydroxylation sites is 1. The van der Waals surface area contributed by atoms with Gasteiger partial charge in [-0.15, -0.1) is 0 Å². The van der Waals surface area contributed by atoms with Gasteiger partial charge in [-0.25, -0.2) is 4.79 Å². The van der Waals surface area contributed by atoms with Gasteiger partial charge < -0.3 is 14.7 Å². The van der Waals surface area contributed by atoms with Gasteiger partial charge in [0.15, 0.2) is 5.75 Å². The molecule has 1 aromatic carbocycles. The number of nitrogens with zero attached hydrogens (tertiary/aromatic N) is 1. The summed E-state index contributed by atoms with van der Waals surface area (Å²) in [5.41, 5.74) is 0.703. The van der Waals surface area contributed by atoms with Gasteiger partial charge in [-0.3, -0.25) is 4.79 Å². The molecule has 2 aliphatic rings. The van der Waals surface area contributed by atoms with Crippen molar-refractivity contribution in [3.63, 3.8) is 0 Å². The summed E-state index contributed by atoms with van der Waals surface area (Å²) in [5, 5.41) is 9.24. The predicted octanol–water partition coefficient (Wildman–Crippen LogP) is 2.55. The highest BCUT2D eigenvalue weighted by Gasteiger charge is 2.36. The molecule has 0 aromatic heterocycles. The number of anilines is 1. The fraction of sp³-hybridized carbons (Fsp3) is 0.500. The molecular formula is C16H19NO4. The van der Waals surface area contributed by atoms with Crippen LogP contribution >= 0.6 is 0 Å². The van der Waals surface area contributed by atoms with Crippen LogP contribution in [0.15, 0.2) is 18.2 Å². The van der Waals surface area contributed by atoms with Crippen LogP contribution in [-0.4, -0.2) is 30.1 Å². The molecule has 1 aliphatic carbocycles. The van der Waals surface area contributed by atoms with Gasteiger partial charge in [0.25, 0.3) is 0 Å². The first-order chi connectivity index (χ1) is 10.1. The monoisotopic (exact) mass is 289 g/mol. The lowest BCUT2D eigenvalue weighted by molar-refractivity contribution is -0.123. The number of carbonyl (C=O) groups is 2. The van der Waals surface area contributed by atoms with Gasteiger partial charge in [0, 0.05) is 5.92 Å². The van der Waals surface area contributed by atoms with E-state index in [1.165, 1.54) is 6.07 Å². The first kappa shape index (κ1) is 13.9. The number of aromatic carboxylic acids is 1. The fourth-order valence-corrected chi connectivity index (χ4v) is 3.36. The Hall–Kier alpha value is -2.04. The SMILES string of the molecule is CC1CCCC1C(=O)N1CCOc2c(C(=O)O)cccc21. The number of rotatable bonds is 2. The van der Waals surface area contributed by atoms with Gasteiger partial charge in [0.1, 0.15) is 12.2 Å². The summed E-state index contributed by atoms with van der Waals surface area (Å²) in [6.07, 6.45) is 3.10. The van der Waals surface area contributed by atoms with Crippen molar-refractivity contribution in [2.24, 2.45) is 11.8 Å². The molecule has 1 aromatic rings. The Bertz CT molecular complexity index is 584. The summed E-state index contributed by atoms with van der Waals surface area (Å²) in [6.45, 7) is 2.94. The van der Waals surface area contributed by atoms with Crippen molar-refractivity contribution in [1.82, 2.24) is 0 Å². The normalized spacial score (nSPS) is 24.3. The molecule has 1 N–H and O–H groups in total. The predicted molar refractivity (Wildman–Crippen MR) is 77.8 cm³/mol. The zero-order chi connectivity index (χ0) is 15.0. The van der Waals surface area contributed by atoms with Gasteiger partial charge in [-0.05, 0) is 30.9 Å². The Morgan fingerprint density at radius 3 is 2.81 bits per heavy atom. The Balaban J connectivity index is 1.95. The van der Waals surface area contributed by atoms with Gasteiger partial charge in [-0.2, -0.15) is 0 Å². The number of carboxylic acids is 1. The van der Waals surface area contributed by atoms with Crippen LogP contribution < -0.4 is 9.64 Å². The minimum absolute atomic E-state index is 0.0458. The van der Waals surface area contributed by atoms with E-state index in [0.29, 0.717) is 30.5 Å². The summed E-state index contributed by atoms with van der Waals surface area (Å²) in [4.78, 5) is 25.8. The molecule has 0 saturated heterocycles. The van der Waals surface area contributed by atoms with E-state index >= 15 is 0 Å². The summed E-state index contributed by atoms with van der Waals surface area (Å²) in [5.74, 6) is -0.173. The maximum Gasteiger partial charge on any atom is 0.339 e. The number of hydrogen-bond acceptors (Lipinski definition) is 3. The quantitative estimate of drug-likeness (QED) is 0.908. The second-order valence-corrected chi connectivity index (χ2v) is 5.81. The minimum Gasteiger partial charge on any atom is -0.489 e. The van der Waals surface area contributed by atoms with Crippen LogP contribution in [-0.2, 0) is 4.79 Å². The maximum absolute atomic E-state index is 12.8. The zero-order valence-electron chi connectivity index (χ0n) is 12.0. The lowest BCUT2D eigenvalue weighted by Crippen LogP contribution is -2.42. The molecular weight excluding hydrogens is 270 g/mol. The number of benzene rings is 1. The Morgan fingerprint density at radius 2 is 2.14 bits per heavy atom. The fourth-order valence-electron chi connectivity index (χ4n) is 3.36. The van der Waals surface area contributed by atoms with E-state index in [0.717, 1.165) is 19.3 Å². The molecule has 1 aliphatic heterocycles. The van der Waals surface area contributed by atoms with Crippen LogP contribution in [0.2, 0.25) is 0 Å². The number of carboxylic acid groups (broad SMARTS) is 1. The highest BCUT2D eigenvalue weighted by Crippen LogP contribution is 2.39. The van der Waals surface area contributed by atoms with Crippen molar-refractivity contribution in [3.05, 3.63) is 23.8 Å². The third kappa shape index (κ3) is 2.37. The number of amides is 1. The summed E-state index contributed by atoms with van der Waals surface area (Å²) >= 11 is 0. The maximum atomic E-state index is 12.8. The number of ether oxygens (including phenoxy) is 1. The molecule has 5 nitrogen and oxygen atoms in total. The van der Waals surface area contributed by atoms with Crippen LogP contribution in [0.3, 0.4) is 0 Å². The average molecular weight is 289 g/mol. The molecule has 1 fully saturated rings. The van der Waals surface area contributed by atoms with Gasteiger partial charge in [0.05, 0.1) is 12.2 Å². The average Bonchev–Trinajstić information content (AvgIpc) is 2.91. The van der Waals surface area contributed by atoms with Crippen LogP contribution in [0.4, 0.5) is 5.69 Å². The molecule has 0 bridgehead atoms.